The van der Waals surface area contributed by atoms with Gasteiger partial charge in [-0.2, -0.15) is 0 Å². The number of aromatic nitrogens is 1. The van der Waals surface area contributed by atoms with Gasteiger partial charge in [0.2, 0.25) is 0 Å². The second-order valence-corrected chi connectivity index (χ2v) is 12.8. The van der Waals surface area contributed by atoms with Crippen LogP contribution in [0.5, 0.6) is 0 Å². The highest BCUT2D eigenvalue weighted by Crippen LogP contribution is 2.41. The van der Waals surface area contributed by atoms with Gasteiger partial charge < -0.3 is 4.57 Å². The summed E-state index contributed by atoms with van der Waals surface area (Å²) in [5.74, 6) is 0. The topological polar surface area (TPSA) is 4.93 Å². The lowest BCUT2D eigenvalue weighted by atomic mass is 9.93. The normalized spacial score (nSPS) is 11.5. The molecule has 46 heavy (non-hydrogen) atoms. The van der Waals surface area contributed by atoms with Gasteiger partial charge >= 0.3 is 0 Å². The zero-order valence-corrected chi connectivity index (χ0v) is 25.9. The predicted molar refractivity (Wildman–Crippen MR) is 198 cm³/mol. The fourth-order valence-corrected chi connectivity index (χ4v) is 7.64. The van der Waals surface area contributed by atoms with Crippen molar-refractivity contribution in [2.45, 2.75) is 0 Å². The Bertz CT molecular complexity index is 2430. The fraction of sp³-hybridized carbons (Fsp3) is 0. The van der Waals surface area contributed by atoms with E-state index in [0.29, 0.717) is 0 Å². The number of thiophene rings is 1. The molecule has 0 atom stereocenters. The molecule has 0 aliphatic rings. The summed E-state index contributed by atoms with van der Waals surface area (Å²) in [4.78, 5) is 0. The molecule has 0 fully saturated rings. The van der Waals surface area contributed by atoms with Crippen molar-refractivity contribution in [1.82, 2.24) is 4.57 Å². The van der Waals surface area contributed by atoms with Gasteiger partial charge in [-0.05, 0) is 111 Å². The molecule has 0 aliphatic carbocycles. The molecular weight excluding hydrogens is 575 g/mol. The zero-order chi connectivity index (χ0) is 30.5. The Morgan fingerprint density at radius 2 is 0.848 bits per heavy atom. The molecule has 0 aliphatic heterocycles. The second kappa shape index (κ2) is 11.0. The van der Waals surface area contributed by atoms with Crippen LogP contribution in [-0.2, 0) is 0 Å². The van der Waals surface area contributed by atoms with Crippen LogP contribution in [0.3, 0.4) is 0 Å². The summed E-state index contributed by atoms with van der Waals surface area (Å²) < 4.78 is 3.74. The quantitative estimate of drug-likeness (QED) is 0.184. The minimum atomic E-state index is 1.17. The van der Waals surface area contributed by atoms with Gasteiger partial charge in [-0.25, -0.2) is 0 Å². The molecule has 2 heterocycles. The molecule has 216 valence electrons. The van der Waals surface area contributed by atoms with E-state index in [1.54, 1.807) is 11.3 Å². The molecule has 0 saturated carbocycles. The Kier molecular flexibility index (Phi) is 6.40. The molecule has 1 nitrogen and oxygen atoms in total. The van der Waals surface area contributed by atoms with Crippen LogP contribution in [0, 0.1) is 0 Å². The maximum atomic E-state index is 2.43. The largest absolute Gasteiger partial charge is 0.309 e. The van der Waals surface area contributed by atoms with E-state index >= 15 is 0 Å². The van der Waals surface area contributed by atoms with Crippen molar-refractivity contribution in [2.75, 3.05) is 0 Å². The molecule has 0 spiro atoms. The zero-order valence-electron chi connectivity index (χ0n) is 25.1. The molecule has 2 aromatic heterocycles. The van der Waals surface area contributed by atoms with E-state index in [2.05, 4.69) is 180 Å². The molecule has 0 amide bonds. The SMILES string of the molecule is c1ccc(-c2ccc(-n3c4ccc(-c5cc(-c6ccccc6)cc(-c6ccccc6)c5)cc4c4c5ccsc5ccc43)cc2)cc1. The third-order valence-corrected chi connectivity index (χ3v) is 9.96. The Morgan fingerprint density at radius 1 is 0.348 bits per heavy atom. The van der Waals surface area contributed by atoms with E-state index in [-0.39, 0.29) is 0 Å². The summed E-state index contributed by atoms with van der Waals surface area (Å²) >= 11 is 1.81. The maximum Gasteiger partial charge on any atom is 0.0548 e. The van der Waals surface area contributed by atoms with E-state index in [0.717, 1.165) is 0 Å². The first-order valence-corrected chi connectivity index (χ1v) is 16.5. The number of rotatable bonds is 5. The number of hydrogen-bond acceptors (Lipinski definition) is 1. The highest BCUT2D eigenvalue weighted by atomic mass is 32.1. The minimum absolute atomic E-state index is 1.17. The smallest absolute Gasteiger partial charge is 0.0548 e. The van der Waals surface area contributed by atoms with Crippen molar-refractivity contribution in [3.63, 3.8) is 0 Å². The number of benzene rings is 7. The van der Waals surface area contributed by atoms with Crippen LogP contribution in [0.15, 0.2) is 175 Å². The molecule has 0 saturated heterocycles. The van der Waals surface area contributed by atoms with Gasteiger partial charge in [0.05, 0.1) is 11.0 Å². The van der Waals surface area contributed by atoms with E-state index in [1.165, 1.54) is 82.1 Å². The van der Waals surface area contributed by atoms with E-state index in [4.69, 9.17) is 0 Å². The van der Waals surface area contributed by atoms with Crippen LogP contribution < -0.4 is 0 Å². The standard InChI is InChI=1S/C44H29NS/c1-4-10-30(11-5-1)33-16-19-38(20-17-33)45-41-21-18-34(29-40(41)44-39-24-25-46-43(39)23-22-42(44)45)37-27-35(31-12-6-2-7-13-31)26-36(28-37)32-14-8-3-9-15-32/h1-29H. The Labute approximate surface area is 272 Å². The first kappa shape index (κ1) is 26.7. The monoisotopic (exact) mass is 603 g/mol. The fourth-order valence-electron chi connectivity index (χ4n) is 6.84. The average molecular weight is 604 g/mol. The molecule has 9 rings (SSSR count). The van der Waals surface area contributed by atoms with Crippen LogP contribution in [0.25, 0.3) is 82.1 Å². The summed E-state index contributed by atoms with van der Waals surface area (Å²) in [5.41, 5.74) is 13.4. The third kappa shape index (κ3) is 4.54. The summed E-state index contributed by atoms with van der Waals surface area (Å²) in [6.07, 6.45) is 0. The molecule has 0 N–H and O–H groups in total. The summed E-state index contributed by atoms with van der Waals surface area (Å²) in [7, 11) is 0. The van der Waals surface area contributed by atoms with E-state index in [1.807, 2.05) is 0 Å². The van der Waals surface area contributed by atoms with Gasteiger partial charge in [-0.15, -0.1) is 11.3 Å². The van der Waals surface area contributed by atoms with Gasteiger partial charge in [0.25, 0.3) is 0 Å². The third-order valence-electron chi connectivity index (χ3n) is 9.07. The van der Waals surface area contributed by atoms with Crippen LogP contribution in [0.2, 0.25) is 0 Å². The maximum absolute atomic E-state index is 2.43. The van der Waals surface area contributed by atoms with Crippen molar-refractivity contribution in [2.24, 2.45) is 0 Å². The highest BCUT2D eigenvalue weighted by molar-refractivity contribution is 7.17. The van der Waals surface area contributed by atoms with Crippen molar-refractivity contribution in [3.05, 3.63) is 175 Å². The predicted octanol–water partition coefficient (Wildman–Crippen LogP) is 12.7. The summed E-state index contributed by atoms with van der Waals surface area (Å²) in [5, 5.41) is 6.11. The molecule has 9 aromatic rings. The number of fused-ring (bicyclic) bond motifs is 5. The molecule has 2 heteroatoms. The van der Waals surface area contributed by atoms with E-state index < -0.39 is 0 Å². The van der Waals surface area contributed by atoms with Crippen LogP contribution in [-0.4, -0.2) is 4.57 Å². The Morgan fingerprint density at radius 3 is 1.46 bits per heavy atom. The summed E-state index contributed by atoms with van der Waals surface area (Å²) in [6, 6.07) is 61.8. The van der Waals surface area contributed by atoms with Gasteiger partial charge in [0, 0.05) is 26.5 Å². The second-order valence-electron chi connectivity index (χ2n) is 11.8. The van der Waals surface area contributed by atoms with Gasteiger partial charge in [0.1, 0.15) is 0 Å². The highest BCUT2D eigenvalue weighted by Gasteiger charge is 2.17. The lowest BCUT2D eigenvalue weighted by molar-refractivity contribution is 1.18. The summed E-state index contributed by atoms with van der Waals surface area (Å²) in [6.45, 7) is 0. The number of nitrogens with zero attached hydrogens (tertiary/aromatic N) is 1. The lowest BCUT2D eigenvalue weighted by Gasteiger charge is -2.12. The molecular formula is C44H29NS. The van der Waals surface area contributed by atoms with Crippen molar-refractivity contribution >= 4 is 43.2 Å². The van der Waals surface area contributed by atoms with Crippen molar-refractivity contribution < 1.29 is 0 Å². The Hall–Kier alpha value is -5.70. The minimum Gasteiger partial charge on any atom is -0.309 e. The Balaban J connectivity index is 1.26. The van der Waals surface area contributed by atoms with Crippen molar-refractivity contribution in [3.8, 4) is 50.2 Å². The molecule has 0 radical (unpaired) electrons. The lowest BCUT2D eigenvalue weighted by Crippen LogP contribution is -1.94. The van der Waals surface area contributed by atoms with E-state index in [9.17, 15) is 0 Å². The molecule has 0 bridgehead atoms. The first-order chi connectivity index (χ1) is 22.8. The van der Waals surface area contributed by atoms with Crippen molar-refractivity contribution in [1.29, 1.82) is 0 Å². The van der Waals surface area contributed by atoms with Gasteiger partial charge in [-0.3, -0.25) is 0 Å². The van der Waals surface area contributed by atoms with Gasteiger partial charge in [0.15, 0.2) is 0 Å². The van der Waals surface area contributed by atoms with Gasteiger partial charge in [-0.1, -0.05) is 109 Å². The number of hydrogen-bond donors (Lipinski definition) is 0. The first-order valence-electron chi connectivity index (χ1n) is 15.7. The van der Waals surface area contributed by atoms with Crippen LogP contribution >= 0.6 is 11.3 Å². The van der Waals surface area contributed by atoms with Crippen LogP contribution in [0.4, 0.5) is 0 Å². The molecule has 7 aromatic carbocycles. The average Bonchev–Trinajstić information content (AvgIpc) is 3.75. The molecule has 0 unspecified atom stereocenters. The van der Waals surface area contributed by atoms with Crippen LogP contribution in [0.1, 0.15) is 0 Å².